The lowest BCUT2D eigenvalue weighted by Crippen LogP contribution is -2.37. The van der Waals surface area contributed by atoms with Crippen LogP contribution in [0.5, 0.6) is 0 Å². The van der Waals surface area contributed by atoms with Crippen molar-refractivity contribution in [3.05, 3.63) is 39.9 Å². The molecule has 0 atom stereocenters. The van der Waals surface area contributed by atoms with E-state index < -0.39 is 0 Å². The first-order chi connectivity index (χ1) is 9.72. The predicted molar refractivity (Wildman–Crippen MR) is 77.7 cm³/mol. The van der Waals surface area contributed by atoms with Crippen molar-refractivity contribution in [3.63, 3.8) is 0 Å². The standard InChI is InChI=1S/C15H22N2O3/c18-12-11-16(14-6-2-3-7-14)10-9-13-5-1-4-8-15(13)17(19)20/h1,4-5,8,14,18H,2-3,6-7,9-12H2. The summed E-state index contributed by atoms with van der Waals surface area (Å²) in [5.74, 6) is 0. The average Bonchev–Trinajstić information content (AvgIpc) is 2.97. The molecule has 0 aromatic heterocycles. The molecule has 5 heteroatoms. The minimum Gasteiger partial charge on any atom is -0.395 e. The molecule has 0 radical (unpaired) electrons. The molecular weight excluding hydrogens is 256 g/mol. The van der Waals surface area contributed by atoms with Crippen LogP contribution in [0.3, 0.4) is 0 Å². The van der Waals surface area contributed by atoms with E-state index in [4.69, 9.17) is 0 Å². The molecule has 0 amide bonds. The summed E-state index contributed by atoms with van der Waals surface area (Å²) in [5.41, 5.74) is 0.973. The first-order valence-electron chi connectivity index (χ1n) is 7.29. The molecule has 20 heavy (non-hydrogen) atoms. The summed E-state index contributed by atoms with van der Waals surface area (Å²) < 4.78 is 0. The van der Waals surface area contributed by atoms with Gasteiger partial charge in [0.2, 0.25) is 0 Å². The van der Waals surface area contributed by atoms with Gasteiger partial charge in [-0.2, -0.15) is 0 Å². The van der Waals surface area contributed by atoms with E-state index in [1.165, 1.54) is 25.7 Å². The third-order valence-corrected chi connectivity index (χ3v) is 4.08. The van der Waals surface area contributed by atoms with Crippen LogP contribution in [-0.4, -0.2) is 40.7 Å². The maximum absolute atomic E-state index is 11.0. The number of hydrogen-bond acceptors (Lipinski definition) is 4. The van der Waals surface area contributed by atoms with Crippen LogP contribution in [0, 0.1) is 10.1 Å². The fourth-order valence-electron chi connectivity index (χ4n) is 3.04. The molecule has 0 unspecified atom stereocenters. The van der Waals surface area contributed by atoms with Crippen LogP contribution in [0.15, 0.2) is 24.3 Å². The van der Waals surface area contributed by atoms with E-state index in [-0.39, 0.29) is 17.2 Å². The summed E-state index contributed by atoms with van der Waals surface area (Å²) in [6, 6.07) is 7.45. The molecule has 5 nitrogen and oxygen atoms in total. The van der Waals surface area contributed by atoms with E-state index in [1.807, 2.05) is 12.1 Å². The Balaban J connectivity index is 2.00. The first kappa shape index (κ1) is 14.9. The Bertz CT molecular complexity index is 444. The Hall–Kier alpha value is -1.46. The van der Waals surface area contributed by atoms with E-state index >= 15 is 0 Å². The number of benzene rings is 1. The Labute approximate surface area is 119 Å². The third-order valence-electron chi connectivity index (χ3n) is 4.08. The molecule has 0 aliphatic heterocycles. The molecule has 0 heterocycles. The van der Waals surface area contributed by atoms with Gasteiger partial charge in [0.15, 0.2) is 0 Å². The highest BCUT2D eigenvalue weighted by Gasteiger charge is 2.22. The highest BCUT2D eigenvalue weighted by atomic mass is 16.6. The minimum absolute atomic E-state index is 0.146. The molecule has 0 saturated heterocycles. The zero-order chi connectivity index (χ0) is 14.4. The number of rotatable bonds is 7. The zero-order valence-electron chi connectivity index (χ0n) is 11.7. The maximum Gasteiger partial charge on any atom is 0.272 e. The van der Waals surface area contributed by atoms with Crippen molar-refractivity contribution < 1.29 is 10.0 Å². The number of aliphatic hydroxyl groups excluding tert-OH is 1. The zero-order valence-corrected chi connectivity index (χ0v) is 11.7. The van der Waals surface area contributed by atoms with Crippen LogP contribution in [0.25, 0.3) is 0 Å². The highest BCUT2D eigenvalue weighted by Crippen LogP contribution is 2.24. The van der Waals surface area contributed by atoms with Crippen molar-refractivity contribution in [2.24, 2.45) is 0 Å². The lowest BCUT2D eigenvalue weighted by Gasteiger charge is -2.28. The molecule has 1 aromatic rings. The average molecular weight is 278 g/mol. The number of nitrogens with zero attached hydrogens (tertiary/aromatic N) is 2. The topological polar surface area (TPSA) is 66.6 Å². The van der Waals surface area contributed by atoms with Crippen molar-refractivity contribution in [2.45, 2.75) is 38.1 Å². The van der Waals surface area contributed by atoms with Crippen LogP contribution in [-0.2, 0) is 6.42 Å². The van der Waals surface area contributed by atoms with Crippen LogP contribution in [0.4, 0.5) is 5.69 Å². The Kier molecular flexibility index (Phi) is 5.49. The fraction of sp³-hybridized carbons (Fsp3) is 0.600. The highest BCUT2D eigenvalue weighted by molar-refractivity contribution is 5.39. The molecule has 1 saturated carbocycles. The number of nitro groups is 1. The molecule has 0 bridgehead atoms. The lowest BCUT2D eigenvalue weighted by molar-refractivity contribution is -0.385. The molecule has 1 fully saturated rings. The quantitative estimate of drug-likeness (QED) is 0.614. The van der Waals surface area contributed by atoms with Gasteiger partial charge in [0, 0.05) is 30.8 Å². The molecule has 1 aliphatic carbocycles. The van der Waals surface area contributed by atoms with Gasteiger partial charge < -0.3 is 5.11 Å². The van der Waals surface area contributed by atoms with Gasteiger partial charge in [-0.05, 0) is 19.3 Å². The second kappa shape index (κ2) is 7.36. The Morgan fingerprint density at radius 1 is 1.25 bits per heavy atom. The molecule has 1 aromatic carbocycles. The summed E-state index contributed by atoms with van der Waals surface area (Å²) in [6.07, 6.45) is 5.51. The molecule has 2 rings (SSSR count). The van der Waals surface area contributed by atoms with E-state index in [1.54, 1.807) is 12.1 Å². The number of aliphatic hydroxyl groups is 1. The predicted octanol–water partition coefficient (Wildman–Crippen LogP) is 2.37. The van der Waals surface area contributed by atoms with Crippen molar-refractivity contribution in [2.75, 3.05) is 19.7 Å². The minimum atomic E-state index is -0.318. The van der Waals surface area contributed by atoms with Crippen LogP contribution >= 0.6 is 0 Å². The van der Waals surface area contributed by atoms with E-state index in [2.05, 4.69) is 4.90 Å². The van der Waals surface area contributed by atoms with Crippen molar-refractivity contribution in [1.82, 2.24) is 4.90 Å². The summed E-state index contributed by atoms with van der Waals surface area (Å²) in [5, 5.41) is 20.2. The summed E-state index contributed by atoms with van der Waals surface area (Å²) >= 11 is 0. The normalized spacial score (nSPS) is 15.9. The van der Waals surface area contributed by atoms with Gasteiger partial charge in [0.05, 0.1) is 11.5 Å². The van der Waals surface area contributed by atoms with E-state index in [0.29, 0.717) is 19.0 Å². The van der Waals surface area contributed by atoms with Gasteiger partial charge in [-0.3, -0.25) is 15.0 Å². The first-order valence-corrected chi connectivity index (χ1v) is 7.29. The summed E-state index contributed by atoms with van der Waals surface area (Å²) in [7, 11) is 0. The van der Waals surface area contributed by atoms with Crippen molar-refractivity contribution in [3.8, 4) is 0 Å². The Morgan fingerprint density at radius 2 is 1.95 bits per heavy atom. The number of para-hydroxylation sites is 1. The van der Waals surface area contributed by atoms with Gasteiger partial charge >= 0.3 is 0 Å². The fourth-order valence-corrected chi connectivity index (χ4v) is 3.04. The van der Waals surface area contributed by atoms with Crippen LogP contribution in [0.2, 0.25) is 0 Å². The van der Waals surface area contributed by atoms with Crippen LogP contribution < -0.4 is 0 Å². The van der Waals surface area contributed by atoms with Crippen LogP contribution in [0.1, 0.15) is 31.2 Å². The Morgan fingerprint density at radius 3 is 2.60 bits per heavy atom. The van der Waals surface area contributed by atoms with Gasteiger partial charge in [0.25, 0.3) is 5.69 Å². The number of nitro benzene ring substituents is 1. The largest absolute Gasteiger partial charge is 0.395 e. The second-order valence-electron chi connectivity index (χ2n) is 5.33. The molecule has 1 N–H and O–H groups in total. The van der Waals surface area contributed by atoms with Gasteiger partial charge in [-0.25, -0.2) is 0 Å². The summed E-state index contributed by atoms with van der Waals surface area (Å²) in [4.78, 5) is 13.0. The molecular formula is C15H22N2O3. The third kappa shape index (κ3) is 3.77. The molecule has 0 spiro atoms. The van der Waals surface area contributed by atoms with Gasteiger partial charge in [-0.15, -0.1) is 0 Å². The smallest absolute Gasteiger partial charge is 0.272 e. The second-order valence-corrected chi connectivity index (χ2v) is 5.33. The SMILES string of the molecule is O=[N+]([O-])c1ccccc1CCN(CCO)C1CCCC1. The van der Waals surface area contributed by atoms with Gasteiger partial charge in [-0.1, -0.05) is 31.0 Å². The maximum atomic E-state index is 11.0. The van der Waals surface area contributed by atoms with Crippen molar-refractivity contribution >= 4 is 5.69 Å². The number of hydrogen-bond donors (Lipinski definition) is 1. The van der Waals surface area contributed by atoms with Gasteiger partial charge in [0.1, 0.15) is 0 Å². The van der Waals surface area contributed by atoms with E-state index in [0.717, 1.165) is 12.1 Å². The monoisotopic (exact) mass is 278 g/mol. The summed E-state index contributed by atoms with van der Waals surface area (Å²) in [6.45, 7) is 1.58. The van der Waals surface area contributed by atoms with Crippen molar-refractivity contribution in [1.29, 1.82) is 0 Å². The molecule has 110 valence electrons. The lowest BCUT2D eigenvalue weighted by atomic mass is 10.1. The van der Waals surface area contributed by atoms with E-state index in [9.17, 15) is 15.2 Å². The molecule has 1 aliphatic rings.